The summed E-state index contributed by atoms with van der Waals surface area (Å²) in [6, 6.07) is 10.2. The molecule has 1 heterocycles. The Morgan fingerprint density at radius 2 is 2.16 bits per heavy atom. The minimum absolute atomic E-state index is 0.378. The van der Waals surface area contributed by atoms with E-state index in [9.17, 15) is 4.79 Å². The number of ether oxygens (including phenoxy) is 1. The number of carbonyl (C=O) groups excluding carboxylic acids is 1. The quantitative estimate of drug-likeness (QED) is 0.913. The van der Waals surface area contributed by atoms with E-state index in [1.807, 2.05) is 24.4 Å². The van der Waals surface area contributed by atoms with Crippen LogP contribution in [0, 0.1) is 0 Å². The number of thiazole rings is 1. The fraction of sp³-hybridized carbons (Fsp3) is 0.286. The molecule has 0 bridgehead atoms. The van der Waals surface area contributed by atoms with Gasteiger partial charge >= 0.3 is 6.09 Å². The highest BCUT2D eigenvalue weighted by Gasteiger charge is 2.05. The van der Waals surface area contributed by atoms with E-state index in [0.717, 1.165) is 11.4 Å². The van der Waals surface area contributed by atoms with E-state index in [4.69, 9.17) is 4.74 Å². The van der Waals surface area contributed by atoms with Crippen LogP contribution < -0.4 is 5.32 Å². The van der Waals surface area contributed by atoms with Gasteiger partial charge in [-0.2, -0.15) is 0 Å². The van der Waals surface area contributed by atoms with Crippen molar-refractivity contribution in [3.05, 3.63) is 52.0 Å². The summed E-state index contributed by atoms with van der Waals surface area (Å²) in [5, 5.41) is 3.55. The van der Waals surface area contributed by atoms with Crippen molar-refractivity contribution in [3.8, 4) is 0 Å². The highest BCUT2D eigenvalue weighted by Crippen LogP contribution is 2.17. The molecule has 1 aromatic heterocycles. The first kappa shape index (κ1) is 13.5. The third kappa shape index (κ3) is 4.37. The Morgan fingerprint density at radius 1 is 1.37 bits per heavy atom. The molecule has 4 nitrogen and oxygen atoms in total. The van der Waals surface area contributed by atoms with E-state index in [0.29, 0.717) is 13.2 Å². The van der Waals surface area contributed by atoms with Gasteiger partial charge in [0.1, 0.15) is 5.01 Å². The number of alkyl carbamates (subject to hydrolysis) is 1. The Hall–Kier alpha value is -1.88. The highest BCUT2D eigenvalue weighted by molar-refractivity contribution is 7.11. The third-order valence-electron chi connectivity index (χ3n) is 2.48. The molecule has 0 aliphatic heterocycles. The molecule has 0 radical (unpaired) electrons. The number of hydrogen-bond acceptors (Lipinski definition) is 4. The van der Waals surface area contributed by atoms with Crippen LogP contribution in [-0.4, -0.2) is 17.7 Å². The van der Waals surface area contributed by atoms with Crippen molar-refractivity contribution >= 4 is 17.4 Å². The maximum absolute atomic E-state index is 11.2. The molecule has 1 amide bonds. The monoisotopic (exact) mass is 276 g/mol. The number of hydrogen-bond donors (Lipinski definition) is 1. The fourth-order valence-electron chi connectivity index (χ4n) is 1.64. The van der Waals surface area contributed by atoms with Crippen LogP contribution >= 0.6 is 11.3 Å². The molecule has 100 valence electrons. The Kier molecular flexibility index (Phi) is 4.92. The van der Waals surface area contributed by atoms with Crippen molar-refractivity contribution in [1.82, 2.24) is 10.3 Å². The lowest BCUT2D eigenvalue weighted by Gasteiger charge is -2.02. The molecule has 2 rings (SSSR count). The van der Waals surface area contributed by atoms with Crippen LogP contribution in [-0.2, 0) is 17.7 Å². The summed E-state index contributed by atoms with van der Waals surface area (Å²) in [4.78, 5) is 16.6. The predicted octanol–water partition coefficient (Wildman–Crippen LogP) is 2.98. The number of carbonyl (C=O) groups is 1. The number of amides is 1. The van der Waals surface area contributed by atoms with Crippen molar-refractivity contribution in [3.63, 3.8) is 0 Å². The van der Waals surface area contributed by atoms with Crippen molar-refractivity contribution in [1.29, 1.82) is 0 Å². The first-order chi connectivity index (χ1) is 9.28. The number of benzene rings is 1. The number of nitrogens with one attached hydrogen (secondary N) is 1. The Balaban J connectivity index is 1.87. The minimum Gasteiger partial charge on any atom is -0.450 e. The third-order valence-corrected chi connectivity index (χ3v) is 3.48. The molecule has 1 aromatic carbocycles. The second-order valence-corrected chi connectivity index (χ2v) is 5.16. The molecule has 0 aliphatic rings. The van der Waals surface area contributed by atoms with Gasteiger partial charge in [-0.05, 0) is 12.5 Å². The van der Waals surface area contributed by atoms with E-state index >= 15 is 0 Å². The molecule has 0 unspecified atom stereocenters. The molecule has 0 spiro atoms. The lowest BCUT2D eigenvalue weighted by molar-refractivity contribution is 0.151. The smallest absolute Gasteiger partial charge is 0.407 e. The van der Waals surface area contributed by atoms with Gasteiger partial charge in [0, 0.05) is 17.5 Å². The molecule has 2 aromatic rings. The Bertz CT molecular complexity index is 525. The van der Waals surface area contributed by atoms with Gasteiger partial charge in [0.15, 0.2) is 0 Å². The van der Waals surface area contributed by atoms with Crippen molar-refractivity contribution in [2.45, 2.75) is 19.9 Å². The summed E-state index contributed by atoms with van der Waals surface area (Å²) in [5.41, 5.74) is 1.26. The van der Waals surface area contributed by atoms with Crippen LogP contribution in [0.15, 0.2) is 36.5 Å². The highest BCUT2D eigenvalue weighted by atomic mass is 32.1. The summed E-state index contributed by atoms with van der Waals surface area (Å²) in [6.45, 7) is 2.57. The van der Waals surface area contributed by atoms with Crippen LogP contribution in [0.5, 0.6) is 0 Å². The van der Waals surface area contributed by atoms with Crippen molar-refractivity contribution in [2.24, 2.45) is 0 Å². The van der Waals surface area contributed by atoms with E-state index in [2.05, 4.69) is 22.4 Å². The molecule has 0 saturated heterocycles. The second-order valence-electron chi connectivity index (χ2n) is 3.96. The van der Waals surface area contributed by atoms with Crippen LogP contribution in [0.3, 0.4) is 0 Å². The molecule has 0 aliphatic carbocycles. The van der Waals surface area contributed by atoms with E-state index in [1.54, 1.807) is 18.3 Å². The SMILES string of the molecule is CCOC(=O)NCc1ncc(Cc2ccccc2)s1. The average molecular weight is 276 g/mol. The Morgan fingerprint density at radius 3 is 2.89 bits per heavy atom. The lowest BCUT2D eigenvalue weighted by atomic mass is 10.1. The van der Waals surface area contributed by atoms with E-state index in [-0.39, 0.29) is 0 Å². The van der Waals surface area contributed by atoms with Crippen LogP contribution in [0.4, 0.5) is 4.79 Å². The van der Waals surface area contributed by atoms with Gasteiger partial charge in [0.05, 0.1) is 13.2 Å². The lowest BCUT2D eigenvalue weighted by Crippen LogP contribution is -2.23. The average Bonchev–Trinajstić information content (AvgIpc) is 2.86. The zero-order chi connectivity index (χ0) is 13.5. The second kappa shape index (κ2) is 6.89. The minimum atomic E-state index is -0.401. The maximum atomic E-state index is 11.2. The first-order valence-corrected chi connectivity index (χ1v) is 6.97. The summed E-state index contributed by atoms with van der Waals surface area (Å²) >= 11 is 1.61. The fourth-order valence-corrected chi connectivity index (χ4v) is 2.54. The zero-order valence-corrected chi connectivity index (χ0v) is 11.6. The summed E-state index contributed by atoms with van der Waals surface area (Å²) in [6.07, 6.45) is 2.33. The molecule has 5 heteroatoms. The van der Waals surface area contributed by atoms with Gasteiger partial charge in [-0.3, -0.25) is 0 Å². The summed E-state index contributed by atoms with van der Waals surface area (Å²) in [5.74, 6) is 0. The Labute approximate surface area is 116 Å². The zero-order valence-electron chi connectivity index (χ0n) is 10.8. The largest absolute Gasteiger partial charge is 0.450 e. The molecular weight excluding hydrogens is 260 g/mol. The number of aromatic nitrogens is 1. The van der Waals surface area contributed by atoms with Gasteiger partial charge in [-0.1, -0.05) is 30.3 Å². The van der Waals surface area contributed by atoms with Gasteiger partial charge in [0.2, 0.25) is 0 Å². The summed E-state index contributed by atoms with van der Waals surface area (Å²) < 4.78 is 4.79. The number of nitrogens with zero attached hydrogens (tertiary/aromatic N) is 1. The summed E-state index contributed by atoms with van der Waals surface area (Å²) in [7, 11) is 0. The van der Waals surface area contributed by atoms with Crippen LogP contribution in [0.2, 0.25) is 0 Å². The van der Waals surface area contributed by atoms with Gasteiger partial charge in [0.25, 0.3) is 0 Å². The number of rotatable bonds is 5. The van der Waals surface area contributed by atoms with Crippen molar-refractivity contribution < 1.29 is 9.53 Å². The molecule has 0 atom stereocenters. The van der Waals surface area contributed by atoms with E-state index < -0.39 is 6.09 Å². The first-order valence-electron chi connectivity index (χ1n) is 6.16. The molecule has 1 N–H and O–H groups in total. The predicted molar refractivity (Wildman–Crippen MR) is 75.2 cm³/mol. The molecule has 0 fully saturated rings. The van der Waals surface area contributed by atoms with Gasteiger partial charge < -0.3 is 10.1 Å². The topological polar surface area (TPSA) is 51.2 Å². The van der Waals surface area contributed by atoms with Gasteiger partial charge in [-0.15, -0.1) is 11.3 Å². The van der Waals surface area contributed by atoms with Crippen molar-refractivity contribution in [2.75, 3.05) is 6.61 Å². The standard InChI is InChI=1S/C14H16N2O2S/c1-2-18-14(17)16-10-13-15-9-12(19-13)8-11-6-4-3-5-7-11/h3-7,9H,2,8,10H2,1H3,(H,16,17). The molecular formula is C14H16N2O2S. The normalized spacial score (nSPS) is 10.2. The van der Waals surface area contributed by atoms with E-state index in [1.165, 1.54) is 10.4 Å². The maximum Gasteiger partial charge on any atom is 0.407 e. The molecule has 19 heavy (non-hydrogen) atoms. The van der Waals surface area contributed by atoms with Gasteiger partial charge in [-0.25, -0.2) is 9.78 Å². The molecule has 0 saturated carbocycles. The van der Waals surface area contributed by atoms with Crippen LogP contribution in [0.25, 0.3) is 0 Å². The van der Waals surface area contributed by atoms with Crippen LogP contribution in [0.1, 0.15) is 22.4 Å².